The molecule has 1 aliphatic rings. The number of thioether (sulfide) groups is 1. The van der Waals surface area contributed by atoms with E-state index in [4.69, 9.17) is 16.6 Å². The summed E-state index contributed by atoms with van der Waals surface area (Å²) in [5, 5.41) is 2.16. The highest BCUT2D eigenvalue weighted by Crippen LogP contribution is 2.36. The Bertz CT molecular complexity index is 1080. The molecular formula is C23H23ClF3N3O2S. The molecule has 0 saturated carbocycles. The highest BCUT2D eigenvalue weighted by atomic mass is 35.5. The molecule has 3 rings (SSSR count). The summed E-state index contributed by atoms with van der Waals surface area (Å²) in [4.78, 5) is 31.8. The van der Waals surface area contributed by atoms with Gasteiger partial charge >= 0.3 is 6.18 Å². The zero-order valence-electron chi connectivity index (χ0n) is 18.3. The highest BCUT2D eigenvalue weighted by molar-refractivity contribution is 8.15. The van der Waals surface area contributed by atoms with Crippen LogP contribution in [0.2, 0.25) is 5.02 Å². The molecule has 2 aromatic rings. The number of amidine groups is 1. The second-order valence-electron chi connectivity index (χ2n) is 7.68. The lowest BCUT2D eigenvalue weighted by Crippen LogP contribution is -2.34. The van der Waals surface area contributed by atoms with Crippen molar-refractivity contribution in [3.8, 4) is 0 Å². The third kappa shape index (κ3) is 5.89. The summed E-state index contributed by atoms with van der Waals surface area (Å²) in [5.41, 5.74) is 1.63. The van der Waals surface area contributed by atoms with E-state index in [0.717, 1.165) is 35.0 Å². The van der Waals surface area contributed by atoms with Crippen molar-refractivity contribution < 1.29 is 22.8 Å². The van der Waals surface area contributed by atoms with Crippen LogP contribution in [-0.2, 0) is 15.8 Å². The minimum absolute atomic E-state index is 0.0216. The molecule has 2 aromatic carbocycles. The number of amides is 2. The smallest absolute Gasteiger partial charge is 0.325 e. The van der Waals surface area contributed by atoms with E-state index in [1.54, 1.807) is 4.90 Å². The maximum Gasteiger partial charge on any atom is 0.416 e. The molecule has 2 amide bonds. The van der Waals surface area contributed by atoms with Gasteiger partial charge < -0.3 is 5.32 Å². The molecule has 1 saturated heterocycles. The number of halogens is 4. The third-order valence-corrected chi connectivity index (χ3v) is 6.56. The van der Waals surface area contributed by atoms with Crippen LogP contribution in [0.3, 0.4) is 0 Å². The Hall–Kier alpha value is -2.52. The molecule has 0 aliphatic carbocycles. The van der Waals surface area contributed by atoms with Gasteiger partial charge in [-0.05, 0) is 49.6 Å². The van der Waals surface area contributed by atoms with E-state index < -0.39 is 22.9 Å². The van der Waals surface area contributed by atoms with Crippen LogP contribution in [0.15, 0.2) is 41.4 Å². The van der Waals surface area contributed by atoms with Crippen LogP contribution < -0.4 is 5.32 Å². The van der Waals surface area contributed by atoms with Crippen molar-refractivity contribution in [2.45, 2.75) is 45.0 Å². The van der Waals surface area contributed by atoms with Crippen LogP contribution in [0.4, 0.5) is 24.5 Å². The van der Waals surface area contributed by atoms with E-state index in [0.29, 0.717) is 18.1 Å². The molecule has 1 fully saturated rings. The van der Waals surface area contributed by atoms with Crippen molar-refractivity contribution in [2.75, 3.05) is 11.9 Å². The normalized spacial score (nSPS) is 17.7. The molecule has 0 aromatic heterocycles. The van der Waals surface area contributed by atoms with Crippen LogP contribution in [0.5, 0.6) is 0 Å². The summed E-state index contributed by atoms with van der Waals surface area (Å²) in [7, 11) is 0. The minimum Gasteiger partial charge on any atom is -0.325 e. The summed E-state index contributed by atoms with van der Waals surface area (Å²) in [6, 6.07) is 8.49. The van der Waals surface area contributed by atoms with Gasteiger partial charge in [0.2, 0.25) is 11.8 Å². The lowest BCUT2D eigenvalue weighted by molar-refractivity contribution is -0.137. The maximum atomic E-state index is 13.0. The molecular weight excluding hydrogens is 475 g/mol. The molecule has 10 heteroatoms. The van der Waals surface area contributed by atoms with Crippen molar-refractivity contribution >= 4 is 51.7 Å². The van der Waals surface area contributed by atoms with Gasteiger partial charge in [0.25, 0.3) is 0 Å². The van der Waals surface area contributed by atoms with E-state index >= 15 is 0 Å². The van der Waals surface area contributed by atoms with E-state index in [9.17, 15) is 22.8 Å². The standard InChI is InChI=1S/C23H23ClF3N3O2S/c1-4-10-30-21(32)18(33-22(30)29-20-13(2)6-5-7-14(20)3)12-19(31)28-17-11-15(23(25,26)27)8-9-16(17)24/h5-9,11,18H,4,10,12H2,1-3H3,(H,28,31)/t18-/m0/s1. The number of carbonyl (C=O) groups excluding carboxylic acids is 2. The quantitative estimate of drug-likeness (QED) is 0.506. The molecule has 1 atom stereocenters. The Balaban J connectivity index is 1.80. The SMILES string of the molecule is CCCN1C(=O)[C@H](CC(=O)Nc2cc(C(F)(F)F)ccc2Cl)SC1=Nc1c(C)cccc1C. The maximum absolute atomic E-state index is 13.0. The summed E-state index contributed by atoms with van der Waals surface area (Å²) in [5.74, 6) is -0.857. The number of aryl methyl sites for hydroxylation is 2. The second-order valence-corrected chi connectivity index (χ2v) is 9.25. The molecule has 5 nitrogen and oxygen atoms in total. The largest absolute Gasteiger partial charge is 0.416 e. The fourth-order valence-electron chi connectivity index (χ4n) is 3.40. The van der Waals surface area contributed by atoms with Crippen molar-refractivity contribution in [3.05, 3.63) is 58.1 Å². The zero-order valence-corrected chi connectivity index (χ0v) is 19.9. The first-order chi connectivity index (χ1) is 15.5. The van der Waals surface area contributed by atoms with Gasteiger partial charge in [0.05, 0.1) is 22.0 Å². The first-order valence-corrected chi connectivity index (χ1v) is 11.6. The molecule has 176 valence electrons. The Morgan fingerprint density at radius 1 is 1.21 bits per heavy atom. The van der Waals surface area contributed by atoms with Crippen molar-refractivity contribution in [2.24, 2.45) is 4.99 Å². The highest BCUT2D eigenvalue weighted by Gasteiger charge is 2.39. The number of hydrogen-bond donors (Lipinski definition) is 1. The topological polar surface area (TPSA) is 61.8 Å². The Kier molecular flexibility index (Phi) is 7.74. The fraction of sp³-hybridized carbons (Fsp3) is 0.348. The Morgan fingerprint density at radius 3 is 2.48 bits per heavy atom. The second kappa shape index (κ2) is 10.2. The average molecular weight is 498 g/mol. The van der Waals surface area contributed by atoms with Gasteiger partial charge in [-0.1, -0.05) is 48.5 Å². The number of nitrogens with one attached hydrogen (secondary N) is 1. The predicted octanol–water partition coefficient (Wildman–Crippen LogP) is 6.35. The molecule has 0 spiro atoms. The van der Waals surface area contributed by atoms with Crippen LogP contribution in [0, 0.1) is 13.8 Å². The lowest BCUT2D eigenvalue weighted by atomic mass is 10.1. The molecule has 1 heterocycles. The van der Waals surface area contributed by atoms with E-state index in [2.05, 4.69) is 5.32 Å². The Labute approximate surface area is 199 Å². The van der Waals surface area contributed by atoms with Crippen molar-refractivity contribution in [1.82, 2.24) is 4.90 Å². The zero-order chi connectivity index (χ0) is 24.3. The monoisotopic (exact) mass is 497 g/mol. The summed E-state index contributed by atoms with van der Waals surface area (Å²) < 4.78 is 39.0. The van der Waals surface area contributed by atoms with Gasteiger partial charge in [0, 0.05) is 13.0 Å². The molecule has 33 heavy (non-hydrogen) atoms. The molecule has 1 N–H and O–H groups in total. The van der Waals surface area contributed by atoms with Gasteiger partial charge in [-0.25, -0.2) is 4.99 Å². The van der Waals surface area contributed by atoms with Gasteiger partial charge in [-0.2, -0.15) is 13.2 Å². The van der Waals surface area contributed by atoms with Crippen LogP contribution in [0.1, 0.15) is 36.5 Å². The molecule has 1 aliphatic heterocycles. The number of anilines is 1. The number of nitrogens with zero attached hydrogens (tertiary/aromatic N) is 2. The lowest BCUT2D eigenvalue weighted by Gasteiger charge is -2.16. The first-order valence-electron chi connectivity index (χ1n) is 10.3. The fourth-order valence-corrected chi connectivity index (χ4v) is 4.73. The van der Waals surface area contributed by atoms with Gasteiger partial charge in [0.15, 0.2) is 5.17 Å². The third-order valence-electron chi connectivity index (χ3n) is 5.05. The number of rotatable bonds is 6. The molecule has 0 radical (unpaired) electrons. The number of aliphatic imine (C=N–C) groups is 1. The number of benzene rings is 2. The van der Waals surface area contributed by atoms with Gasteiger partial charge in [-0.15, -0.1) is 0 Å². The summed E-state index contributed by atoms with van der Waals surface area (Å²) in [6.45, 7) is 6.25. The van der Waals surface area contributed by atoms with Crippen LogP contribution in [-0.4, -0.2) is 33.7 Å². The number of para-hydroxylation sites is 1. The number of alkyl halides is 3. The number of hydrogen-bond acceptors (Lipinski definition) is 4. The molecule has 0 unspecified atom stereocenters. The summed E-state index contributed by atoms with van der Waals surface area (Å²) >= 11 is 7.14. The van der Waals surface area contributed by atoms with E-state index in [1.165, 1.54) is 11.8 Å². The van der Waals surface area contributed by atoms with Crippen LogP contribution in [0.25, 0.3) is 0 Å². The predicted molar refractivity (Wildman–Crippen MR) is 126 cm³/mol. The summed E-state index contributed by atoms with van der Waals surface area (Å²) in [6.07, 6.45) is -4.08. The minimum atomic E-state index is -4.57. The molecule has 0 bridgehead atoms. The van der Waals surface area contributed by atoms with E-state index in [-0.39, 0.29) is 23.0 Å². The van der Waals surface area contributed by atoms with Gasteiger partial charge in [0.1, 0.15) is 5.25 Å². The Morgan fingerprint density at radius 2 is 1.88 bits per heavy atom. The first kappa shape index (κ1) is 25.1. The van der Waals surface area contributed by atoms with Gasteiger partial charge in [-0.3, -0.25) is 14.5 Å². The van der Waals surface area contributed by atoms with Crippen molar-refractivity contribution in [3.63, 3.8) is 0 Å². The van der Waals surface area contributed by atoms with Crippen LogP contribution >= 0.6 is 23.4 Å². The van der Waals surface area contributed by atoms with E-state index in [1.807, 2.05) is 39.0 Å². The number of carbonyl (C=O) groups is 2. The average Bonchev–Trinajstić information content (AvgIpc) is 3.00. The van der Waals surface area contributed by atoms with Crippen molar-refractivity contribution in [1.29, 1.82) is 0 Å².